The molecular weight excluding hydrogens is 319 g/mol. The van der Waals surface area contributed by atoms with Crippen molar-refractivity contribution in [3.63, 3.8) is 0 Å². The lowest BCUT2D eigenvalue weighted by molar-refractivity contribution is 0.0493. The first kappa shape index (κ1) is 17.9. The molecule has 1 aliphatic rings. The second-order valence-corrected chi connectivity index (χ2v) is 6.63. The van der Waals surface area contributed by atoms with E-state index in [1.54, 1.807) is 18.2 Å². The minimum absolute atomic E-state index is 0.123. The summed E-state index contributed by atoms with van der Waals surface area (Å²) in [6.45, 7) is 3.99. The van der Waals surface area contributed by atoms with Crippen LogP contribution in [0.1, 0.15) is 17.5 Å². The predicted molar refractivity (Wildman–Crippen MR) is 95.7 cm³/mol. The molecule has 134 valence electrons. The van der Waals surface area contributed by atoms with Crippen LogP contribution in [0, 0.1) is 5.82 Å². The molecule has 1 atom stereocenters. The summed E-state index contributed by atoms with van der Waals surface area (Å²) in [5.74, 6) is 0.107. The Kier molecular flexibility index (Phi) is 6.02. The van der Waals surface area contributed by atoms with Crippen molar-refractivity contribution in [2.24, 2.45) is 0 Å². The molecule has 0 spiro atoms. The Morgan fingerprint density at radius 2 is 1.88 bits per heavy atom. The molecule has 5 heteroatoms. The fourth-order valence-electron chi connectivity index (χ4n) is 3.49. The molecule has 2 N–H and O–H groups in total. The molecule has 3 rings (SSSR count). The molecule has 1 aliphatic heterocycles. The number of halogens is 1. The van der Waals surface area contributed by atoms with Gasteiger partial charge in [0.25, 0.3) is 0 Å². The number of aliphatic hydroxyl groups excluding tert-OH is 1. The molecule has 2 aromatic rings. The van der Waals surface area contributed by atoms with Crippen molar-refractivity contribution in [1.29, 1.82) is 0 Å². The molecule has 0 aromatic heterocycles. The number of aliphatic hydroxyl groups is 1. The third-order valence-electron chi connectivity index (χ3n) is 4.80. The van der Waals surface area contributed by atoms with Crippen LogP contribution in [0.4, 0.5) is 4.39 Å². The number of phenols is 1. The Bertz CT molecular complexity index is 695. The highest BCUT2D eigenvalue weighted by atomic mass is 19.1. The van der Waals surface area contributed by atoms with Gasteiger partial charge in [-0.1, -0.05) is 30.3 Å². The lowest BCUT2D eigenvalue weighted by atomic mass is 10.1. The van der Waals surface area contributed by atoms with Gasteiger partial charge in [-0.25, -0.2) is 4.39 Å². The van der Waals surface area contributed by atoms with Gasteiger partial charge < -0.3 is 10.2 Å². The molecule has 1 saturated heterocycles. The average Bonchev–Trinajstić information content (AvgIpc) is 2.59. The first-order valence-electron chi connectivity index (χ1n) is 8.74. The van der Waals surface area contributed by atoms with E-state index in [9.17, 15) is 14.6 Å². The van der Waals surface area contributed by atoms with Gasteiger partial charge in [-0.15, -0.1) is 0 Å². The molecule has 4 nitrogen and oxygen atoms in total. The zero-order valence-electron chi connectivity index (χ0n) is 14.3. The monoisotopic (exact) mass is 344 g/mol. The van der Waals surface area contributed by atoms with Gasteiger partial charge in [-0.2, -0.15) is 0 Å². The van der Waals surface area contributed by atoms with E-state index < -0.39 is 0 Å². The predicted octanol–water partition coefficient (Wildman–Crippen LogP) is 2.60. The highest BCUT2D eigenvalue weighted by Crippen LogP contribution is 2.20. The Morgan fingerprint density at radius 1 is 1.04 bits per heavy atom. The van der Waals surface area contributed by atoms with E-state index in [4.69, 9.17) is 0 Å². The fraction of sp³-hybridized carbons (Fsp3) is 0.400. The van der Waals surface area contributed by atoms with Gasteiger partial charge in [0, 0.05) is 50.9 Å². The SMILES string of the molecule is OCCC1CN(Cc2cccc(O)c2)CCN1Cc1ccccc1F. The summed E-state index contributed by atoms with van der Waals surface area (Å²) >= 11 is 0. The number of rotatable bonds is 6. The maximum absolute atomic E-state index is 13.9. The van der Waals surface area contributed by atoms with Gasteiger partial charge in [-0.3, -0.25) is 9.80 Å². The summed E-state index contributed by atoms with van der Waals surface area (Å²) in [6.07, 6.45) is 0.672. The first-order chi connectivity index (χ1) is 12.2. The van der Waals surface area contributed by atoms with Crippen LogP contribution >= 0.6 is 0 Å². The van der Waals surface area contributed by atoms with Gasteiger partial charge in [0.2, 0.25) is 0 Å². The minimum atomic E-state index is -0.174. The molecule has 0 radical (unpaired) electrons. The Labute approximate surface area is 148 Å². The number of benzene rings is 2. The van der Waals surface area contributed by atoms with E-state index in [0.717, 1.165) is 31.7 Å². The summed E-state index contributed by atoms with van der Waals surface area (Å²) in [7, 11) is 0. The minimum Gasteiger partial charge on any atom is -0.508 e. The Balaban J connectivity index is 1.65. The van der Waals surface area contributed by atoms with Crippen molar-refractivity contribution in [3.05, 3.63) is 65.5 Å². The largest absolute Gasteiger partial charge is 0.508 e. The third kappa shape index (κ3) is 4.78. The van der Waals surface area contributed by atoms with Crippen LogP contribution in [0.25, 0.3) is 0 Å². The quantitative estimate of drug-likeness (QED) is 0.846. The van der Waals surface area contributed by atoms with Crippen LogP contribution in [0.3, 0.4) is 0 Å². The normalized spacial score (nSPS) is 19.2. The average molecular weight is 344 g/mol. The van der Waals surface area contributed by atoms with E-state index in [1.807, 2.05) is 24.3 Å². The maximum atomic E-state index is 13.9. The topological polar surface area (TPSA) is 46.9 Å². The summed E-state index contributed by atoms with van der Waals surface area (Å²) in [4.78, 5) is 4.58. The number of aromatic hydroxyl groups is 1. The number of nitrogens with zero attached hydrogens (tertiary/aromatic N) is 2. The van der Waals surface area contributed by atoms with Gasteiger partial charge in [0.15, 0.2) is 0 Å². The second kappa shape index (κ2) is 8.43. The number of hydrogen-bond donors (Lipinski definition) is 2. The lowest BCUT2D eigenvalue weighted by Gasteiger charge is -2.41. The molecule has 0 bridgehead atoms. The van der Waals surface area contributed by atoms with Crippen LogP contribution in [0.2, 0.25) is 0 Å². The van der Waals surface area contributed by atoms with Crippen molar-refractivity contribution in [2.45, 2.75) is 25.6 Å². The number of phenolic OH excluding ortho intramolecular Hbond substituents is 1. The number of piperazine rings is 1. The van der Waals surface area contributed by atoms with Crippen molar-refractivity contribution < 1.29 is 14.6 Å². The van der Waals surface area contributed by atoms with E-state index in [0.29, 0.717) is 18.5 Å². The van der Waals surface area contributed by atoms with E-state index in [2.05, 4.69) is 9.80 Å². The molecular formula is C20H25FN2O2. The zero-order valence-corrected chi connectivity index (χ0v) is 14.3. The van der Waals surface area contributed by atoms with Crippen molar-refractivity contribution in [2.75, 3.05) is 26.2 Å². The highest BCUT2D eigenvalue weighted by molar-refractivity contribution is 5.27. The molecule has 1 unspecified atom stereocenters. The molecule has 2 aromatic carbocycles. The summed E-state index contributed by atoms with van der Waals surface area (Å²) < 4.78 is 13.9. The van der Waals surface area contributed by atoms with Crippen LogP contribution in [0.5, 0.6) is 5.75 Å². The van der Waals surface area contributed by atoms with E-state index in [1.165, 1.54) is 6.07 Å². The molecule has 0 aliphatic carbocycles. The lowest BCUT2D eigenvalue weighted by Crippen LogP contribution is -2.52. The molecule has 0 amide bonds. The zero-order chi connectivity index (χ0) is 17.6. The fourth-order valence-corrected chi connectivity index (χ4v) is 3.49. The summed E-state index contributed by atoms with van der Waals surface area (Å²) in [6, 6.07) is 14.4. The van der Waals surface area contributed by atoms with Gasteiger partial charge in [0.05, 0.1) is 0 Å². The van der Waals surface area contributed by atoms with Gasteiger partial charge in [0.1, 0.15) is 11.6 Å². The molecule has 1 fully saturated rings. The van der Waals surface area contributed by atoms with E-state index in [-0.39, 0.29) is 24.2 Å². The molecule has 0 saturated carbocycles. The van der Waals surface area contributed by atoms with Crippen molar-refractivity contribution >= 4 is 0 Å². The maximum Gasteiger partial charge on any atom is 0.127 e. The molecule has 25 heavy (non-hydrogen) atoms. The van der Waals surface area contributed by atoms with Crippen molar-refractivity contribution in [3.8, 4) is 5.75 Å². The number of hydrogen-bond acceptors (Lipinski definition) is 4. The third-order valence-corrected chi connectivity index (χ3v) is 4.80. The molecule has 1 heterocycles. The Hall–Kier alpha value is -1.95. The van der Waals surface area contributed by atoms with Crippen LogP contribution < -0.4 is 0 Å². The first-order valence-corrected chi connectivity index (χ1v) is 8.74. The summed E-state index contributed by atoms with van der Waals surface area (Å²) in [5.41, 5.74) is 1.78. The second-order valence-electron chi connectivity index (χ2n) is 6.63. The van der Waals surface area contributed by atoms with Crippen LogP contribution in [0.15, 0.2) is 48.5 Å². The van der Waals surface area contributed by atoms with Crippen molar-refractivity contribution in [1.82, 2.24) is 9.80 Å². The standard InChI is InChI=1S/C20H25FN2O2/c21-20-7-2-1-5-17(20)14-23-10-9-22(15-18(23)8-11-24)13-16-4-3-6-19(25)12-16/h1-7,12,18,24-25H,8-11,13-15H2. The Morgan fingerprint density at radius 3 is 2.64 bits per heavy atom. The van der Waals surface area contributed by atoms with Crippen LogP contribution in [-0.2, 0) is 13.1 Å². The summed E-state index contributed by atoms with van der Waals surface area (Å²) in [5, 5.41) is 19.0. The van der Waals surface area contributed by atoms with Gasteiger partial charge >= 0.3 is 0 Å². The highest BCUT2D eigenvalue weighted by Gasteiger charge is 2.27. The van der Waals surface area contributed by atoms with Gasteiger partial charge in [-0.05, 0) is 30.2 Å². The van der Waals surface area contributed by atoms with Crippen LogP contribution in [-0.4, -0.2) is 52.3 Å². The van der Waals surface area contributed by atoms with E-state index >= 15 is 0 Å². The smallest absolute Gasteiger partial charge is 0.127 e.